The van der Waals surface area contributed by atoms with Crippen molar-refractivity contribution in [3.8, 4) is 0 Å². The fourth-order valence-corrected chi connectivity index (χ4v) is 3.16. The van der Waals surface area contributed by atoms with Crippen molar-refractivity contribution in [2.24, 2.45) is 22.0 Å². The van der Waals surface area contributed by atoms with Gasteiger partial charge in [0, 0.05) is 6.04 Å². The minimum Gasteiger partial charge on any atom is -0.328 e. The Hall–Kier alpha value is -0.0400. The number of nitrogens with two attached hydrogens (primary N) is 1. The molecule has 0 heterocycles. The lowest BCUT2D eigenvalue weighted by atomic mass is 9.69. The average molecular weight is 255 g/mol. The van der Waals surface area contributed by atoms with E-state index in [0.29, 0.717) is 22.3 Å². The van der Waals surface area contributed by atoms with Crippen LogP contribution < -0.4 is 5.73 Å². The Bertz CT molecular complexity index is 236. The molecular formula is C17H37N. The molecule has 0 aromatic heterocycles. The molecule has 0 aliphatic heterocycles. The molecular weight excluding hydrogens is 218 g/mol. The van der Waals surface area contributed by atoms with Crippen LogP contribution in [-0.2, 0) is 0 Å². The van der Waals surface area contributed by atoms with Crippen molar-refractivity contribution >= 4 is 0 Å². The molecule has 0 bridgehead atoms. The minimum absolute atomic E-state index is 0.315. The highest BCUT2D eigenvalue weighted by atomic mass is 14.6. The normalized spacial score (nSPS) is 15.8. The molecule has 1 heteroatoms. The Morgan fingerprint density at radius 2 is 1.28 bits per heavy atom. The van der Waals surface area contributed by atoms with E-state index in [4.69, 9.17) is 5.73 Å². The zero-order valence-electron chi connectivity index (χ0n) is 14.2. The van der Waals surface area contributed by atoms with Crippen molar-refractivity contribution in [1.82, 2.24) is 0 Å². The van der Waals surface area contributed by atoms with Crippen LogP contribution in [0.1, 0.15) is 87.5 Å². The number of hydrogen-bond donors (Lipinski definition) is 1. The highest BCUT2D eigenvalue weighted by molar-refractivity contribution is 4.82. The van der Waals surface area contributed by atoms with Crippen molar-refractivity contribution in [3.05, 3.63) is 0 Å². The maximum Gasteiger partial charge on any atom is 0.00155 e. The Kier molecular flexibility index (Phi) is 6.40. The van der Waals surface area contributed by atoms with Gasteiger partial charge in [-0.3, -0.25) is 0 Å². The molecule has 1 unspecified atom stereocenters. The van der Waals surface area contributed by atoms with E-state index in [0.717, 1.165) is 6.42 Å². The highest BCUT2D eigenvalue weighted by Crippen LogP contribution is 2.41. The first-order chi connectivity index (χ1) is 7.89. The van der Waals surface area contributed by atoms with Gasteiger partial charge in [-0.25, -0.2) is 0 Å². The van der Waals surface area contributed by atoms with Crippen molar-refractivity contribution in [2.45, 2.75) is 93.5 Å². The van der Waals surface area contributed by atoms with Gasteiger partial charge in [-0.1, -0.05) is 54.9 Å². The van der Waals surface area contributed by atoms with E-state index in [1.807, 2.05) is 0 Å². The summed E-state index contributed by atoms with van der Waals surface area (Å²) in [4.78, 5) is 0. The highest BCUT2D eigenvalue weighted by Gasteiger charge is 2.30. The minimum atomic E-state index is 0.315. The van der Waals surface area contributed by atoms with Crippen LogP contribution in [-0.4, -0.2) is 6.04 Å². The summed E-state index contributed by atoms with van der Waals surface area (Å²) in [6.45, 7) is 18.8. The van der Waals surface area contributed by atoms with Crippen LogP contribution in [0.15, 0.2) is 0 Å². The molecule has 0 aliphatic rings. The smallest absolute Gasteiger partial charge is 0.00155 e. The largest absolute Gasteiger partial charge is 0.328 e. The van der Waals surface area contributed by atoms with Crippen molar-refractivity contribution in [3.63, 3.8) is 0 Å². The lowest BCUT2D eigenvalue weighted by molar-refractivity contribution is 0.147. The summed E-state index contributed by atoms with van der Waals surface area (Å²) >= 11 is 0. The quantitative estimate of drug-likeness (QED) is 0.619. The van der Waals surface area contributed by atoms with Gasteiger partial charge in [-0.05, 0) is 48.9 Å². The summed E-state index contributed by atoms with van der Waals surface area (Å²) in [7, 11) is 0. The molecule has 0 saturated heterocycles. The van der Waals surface area contributed by atoms with Gasteiger partial charge in [0.05, 0.1) is 0 Å². The lowest BCUT2D eigenvalue weighted by Crippen LogP contribution is -2.28. The predicted molar refractivity (Wildman–Crippen MR) is 83.8 cm³/mol. The summed E-state index contributed by atoms with van der Waals surface area (Å²) in [5, 5.41) is 0. The standard InChI is InChI=1S/C17H37N/c1-9-15(3,4)13-17(7,8)11-10-16(5,6)12-14(2)18/h14H,9-13,18H2,1-8H3. The van der Waals surface area contributed by atoms with Gasteiger partial charge in [0.2, 0.25) is 0 Å². The molecule has 0 spiro atoms. The Balaban J connectivity index is 4.34. The molecule has 1 nitrogen and oxygen atoms in total. The fourth-order valence-electron chi connectivity index (χ4n) is 3.16. The average Bonchev–Trinajstić information content (AvgIpc) is 2.12. The summed E-state index contributed by atoms with van der Waals surface area (Å²) in [5.74, 6) is 0. The van der Waals surface area contributed by atoms with Gasteiger partial charge in [-0.15, -0.1) is 0 Å². The van der Waals surface area contributed by atoms with Crippen molar-refractivity contribution in [2.75, 3.05) is 0 Å². The van der Waals surface area contributed by atoms with E-state index in [1.165, 1.54) is 25.7 Å². The summed E-state index contributed by atoms with van der Waals surface area (Å²) in [6.07, 6.45) is 6.28. The van der Waals surface area contributed by atoms with Gasteiger partial charge < -0.3 is 5.73 Å². The molecule has 0 rings (SSSR count). The first-order valence-corrected chi connectivity index (χ1v) is 7.65. The molecule has 2 N–H and O–H groups in total. The van der Waals surface area contributed by atoms with Crippen LogP contribution in [0.3, 0.4) is 0 Å². The molecule has 1 atom stereocenters. The second-order valence-electron chi connectivity index (χ2n) is 8.70. The molecule has 0 saturated carbocycles. The first-order valence-electron chi connectivity index (χ1n) is 7.65. The molecule has 0 amide bonds. The summed E-state index contributed by atoms with van der Waals surface area (Å²) in [6, 6.07) is 0.315. The van der Waals surface area contributed by atoms with E-state index >= 15 is 0 Å². The van der Waals surface area contributed by atoms with Crippen molar-refractivity contribution in [1.29, 1.82) is 0 Å². The Morgan fingerprint density at radius 3 is 1.67 bits per heavy atom. The fraction of sp³-hybridized carbons (Fsp3) is 1.00. The lowest BCUT2D eigenvalue weighted by Gasteiger charge is -2.37. The molecule has 18 heavy (non-hydrogen) atoms. The zero-order valence-corrected chi connectivity index (χ0v) is 14.2. The summed E-state index contributed by atoms with van der Waals surface area (Å²) in [5.41, 5.74) is 7.22. The molecule has 0 aliphatic carbocycles. The summed E-state index contributed by atoms with van der Waals surface area (Å²) < 4.78 is 0. The van der Waals surface area contributed by atoms with E-state index in [2.05, 4.69) is 55.4 Å². The Labute approximate surface area is 116 Å². The topological polar surface area (TPSA) is 26.0 Å². The predicted octanol–water partition coefficient (Wildman–Crippen LogP) is 5.38. The van der Waals surface area contributed by atoms with Gasteiger partial charge in [-0.2, -0.15) is 0 Å². The molecule has 0 fully saturated rings. The SMILES string of the molecule is CCC(C)(C)CC(C)(C)CCC(C)(C)CC(C)N. The van der Waals surface area contributed by atoms with Gasteiger partial charge in [0.1, 0.15) is 0 Å². The molecule has 0 aromatic carbocycles. The molecule has 0 radical (unpaired) electrons. The number of rotatable bonds is 8. The van der Waals surface area contributed by atoms with Crippen LogP contribution in [0.4, 0.5) is 0 Å². The second-order valence-corrected chi connectivity index (χ2v) is 8.70. The van der Waals surface area contributed by atoms with Crippen LogP contribution in [0.2, 0.25) is 0 Å². The van der Waals surface area contributed by atoms with Gasteiger partial charge in [0.15, 0.2) is 0 Å². The Morgan fingerprint density at radius 1 is 0.833 bits per heavy atom. The van der Waals surface area contributed by atoms with E-state index in [9.17, 15) is 0 Å². The van der Waals surface area contributed by atoms with E-state index in [1.54, 1.807) is 0 Å². The van der Waals surface area contributed by atoms with Gasteiger partial charge >= 0.3 is 0 Å². The first kappa shape index (κ1) is 18.0. The van der Waals surface area contributed by atoms with E-state index < -0.39 is 0 Å². The maximum absolute atomic E-state index is 5.94. The van der Waals surface area contributed by atoms with Crippen molar-refractivity contribution < 1.29 is 0 Å². The van der Waals surface area contributed by atoms with Crippen LogP contribution in [0, 0.1) is 16.2 Å². The van der Waals surface area contributed by atoms with Crippen LogP contribution in [0.25, 0.3) is 0 Å². The third-order valence-corrected chi connectivity index (χ3v) is 4.27. The monoisotopic (exact) mass is 255 g/mol. The van der Waals surface area contributed by atoms with Crippen LogP contribution in [0.5, 0.6) is 0 Å². The van der Waals surface area contributed by atoms with Gasteiger partial charge in [0.25, 0.3) is 0 Å². The van der Waals surface area contributed by atoms with Crippen LogP contribution >= 0.6 is 0 Å². The number of hydrogen-bond acceptors (Lipinski definition) is 1. The second kappa shape index (κ2) is 6.41. The van der Waals surface area contributed by atoms with E-state index in [-0.39, 0.29) is 0 Å². The zero-order chi connectivity index (χ0) is 14.6. The molecule has 110 valence electrons. The third-order valence-electron chi connectivity index (χ3n) is 4.27. The molecule has 0 aromatic rings. The third kappa shape index (κ3) is 8.13. The maximum atomic E-state index is 5.94.